The van der Waals surface area contributed by atoms with Crippen molar-refractivity contribution in [2.24, 2.45) is 0 Å². The Morgan fingerprint density at radius 3 is 2.65 bits per heavy atom. The number of nitrogen functional groups attached to an aromatic ring is 1. The van der Waals surface area contributed by atoms with E-state index in [1.54, 1.807) is 6.92 Å². The largest absolute Gasteiger partial charge is 0.399 e. The average Bonchev–Trinajstić information content (AvgIpc) is 2.41. The molecule has 104 valence electrons. The number of aryl methyl sites for hydroxylation is 1. The summed E-state index contributed by atoms with van der Waals surface area (Å²) in [5.41, 5.74) is 7.98. The van der Waals surface area contributed by atoms with Crippen LogP contribution in [-0.2, 0) is 6.42 Å². The number of aromatic amines is 1. The van der Waals surface area contributed by atoms with Crippen molar-refractivity contribution in [1.29, 1.82) is 0 Å². The topological polar surface area (TPSA) is 88.0 Å². The third kappa shape index (κ3) is 3.47. The number of amides is 1. The van der Waals surface area contributed by atoms with Gasteiger partial charge in [0.05, 0.1) is 0 Å². The number of anilines is 1. The molecule has 5 nitrogen and oxygen atoms in total. The number of H-pyrrole nitrogens is 1. The maximum atomic E-state index is 11.9. The molecule has 1 amide bonds. The fourth-order valence-electron chi connectivity index (χ4n) is 1.85. The van der Waals surface area contributed by atoms with Gasteiger partial charge in [-0.05, 0) is 31.0 Å². The highest BCUT2D eigenvalue weighted by Gasteiger charge is 2.09. The zero-order chi connectivity index (χ0) is 14.5. The summed E-state index contributed by atoms with van der Waals surface area (Å²) in [4.78, 5) is 26.4. The molecule has 0 spiro atoms. The molecule has 0 saturated carbocycles. The second-order valence-corrected chi connectivity index (χ2v) is 4.64. The maximum Gasteiger partial charge on any atom is 0.256 e. The van der Waals surface area contributed by atoms with Gasteiger partial charge in [0.1, 0.15) is 5.56 Å². The molecule has 0 bridgehead atoms. The first-order chi connectivity index (χ1) is 9.56. The first-order valence-corrected chi connectivity index (χ1v) is 6.38. The molecule has 0 aliphatic rings. The molecule has 2 aromatic rings. The van der Waals surface area contributed by atoms with Crippen molar-refractivity contribution in [2.45, 2.75) is 13.3 Å². The predicted molar refractivity (Wildman–Crippen MR) is 78.7 cm³/mol. The highest BCUT2D eigenvalue weighted by Crippen LogP contribution is 2.05. The molecule has 0 atom stereocenters. The van der Waals surface area contributed by atoms with Gasteiger partial charge in [-0.25, -0.2) is 0 Å². The van der Waals surface area contributed by atoms with Crippen LogP contribution in [0.15, 0.2) is 41.3 Å². The zero-order valence-electron chi connectivity index (χ0n) is 11.3. The van der Waals surface area contributed by atoms with Crippen LogP contribution in [0.5, 0.6) is 0 Å². The minimum Gasteiger partial charge on any atom is -0.399 e. The van der Waals surface area contributed by atoms with E-state index in [0.29, 0.717) is 18.7 Å². The Balaban J connectivity index is 1.92. The highest BCUT2D eigenvalue weighted by molar-refractivity contribution is 5.93. The summed E-state index contributed by atoms with van der Waals surface area (Å²) < 4.78 is 0. The summed E-state index contributed by atoms with van der Waals surface area (Å²) in [6.07, 6.45) is 2.13. The van der Waals surface area contributed by atoms with Gasteiger partial charge < -0.3 is 16.0 Å². The van der Waals surface area contributed by atoms with Crippen molar-refractivity contribution >= 4 is 11.6 Å². The average molecular weight is 271 g/mol. The van der Waals surface area contributed by atoms with Gasteiger partial charge in [0.15, 0.2) is 5.43 Å². The molecule has 1 aromatic carbocycles. The molecule has 0 saturated heterocycles. The lowest BCUT2D eigenvalue weighted by Crippen LogP contribution is -2.30. The molecule has 1 heterocycles. The van der Waals surface area contributed by atoms with E-state index in [1.165, 1.54) is 12.3 Å². The summed E-state index contributed by atoms with van der Waals surface area (Å²) in [5, 5.41) is 2.73. The minimum absolute atomic E-state index is 0.132. The zero-order valence-corrected chi connectivity index (χ0v) is 11.3. The number of nitrogens with one attached hydrogen (secondary N) is 2. The number of hydrogen-bond acceptors (Lipinski definition) is 3. The number of hydrogen-bond donors (Lipinski definition) is 3. The third-order valence-corrected chi connectivity index (χ3v) is 2.98. The molecule has 4 N–H and O–H groups in total. The van der Waals surface area contributed by atoms with Crippen LogP contribution in [0.2, 0.25) is 0 Å². The minimum atomic E-state index is -0.360. The van der Waals surface area contributed by atoms with Gasteiger partial charge in [0.25, 0.3) is 5.91 Å². The third-order valence-electron chi connectivity index (χ3n) is 2.98. The van der Waals surface area contributed by atoms with Gasteiger partial charge in [0.2, 0.25) is 0 Å². The lowest BCUT2D eigenvalue weighted by atomic mass is 10.1. The van der Waals surface area contributed by atoms with Crippen LogP contribution in [0.25, 0.3) is 0 Å². The summed E-state index contributed by atoms with van der Waals surface area (Å²) in [6.45, 7) is 2.24. The Morgan fingerprint density at radius 2 is 2.00 bits per heavy atom. The van der Waals surface area contributed by atoms with Crippen LogP contribution in [0.1, 0.15) is 21.6 Å². The van der Waals surface area contributed by atoms with Gasteiger partial charge in [-0.2, -0.15) is 0 Å². The summed E-state index contributed by atoms with van der Waals surface area (Å²) >= 11 is 0. The number of benzene rings is 1. The molecule has 20 heavy (non-hydrogen) atoms. The smallest absolute Gasteiger partial charge is 0.256 e. The van der Waals surface area contributed by atoms with Crippen LogP contribution < -0.4 is 16.5 Å². The number of carbonyl (C=O) groups is 1. The predicted octanol–water partition coefficient (Wildman–Crippen LogP) is 1.24. The van der Waals surface area contributed by atoms with Gasteiger partial charge in [0, 0.05) is 30.2 Å². The standard InChI is InChI=1S/C15H17N3O2/c1-10-8-14(19)13(9-18-10)15(20)17-7-6-11-2-4-12(16)5-3-11/h2-5,8-9H,6-7,16H2,1H3,(H,17,20)(H,18,19). The summed E-state index contributed by atoms with van der Waals surface area (Å²) in [7, 11) is 0. The van der Waals surface area contributed by atoms with E-state index in [4.69, 9.17) is 5.73 Å². The van der Waals surface area contributed by atoms with E-state index in [2.05, 4.69) is 10.3 Å². The number of rotatable bonds is 4. The molecule has 0 fully saturated rings. The van der Waals surface area contributed by atoms with E-state index >= 15 is 0 Å². The van der Waals surface area contributed by atoms with Crippen LogP contribution in [0.3, 0.4) is 0 Å². The van der Waals surface area contributed by atoms with Gasteiger partial charge in [-0.15, -0.1) is 0 Å². The number of carbonyl (C=O) groups excluding carboxylic acids is 1. The van der Waals surface area contributed by atoms with Crippen molar-refractivity contribution in [3.05, 3.63) is 63.6 Å². The lowest BCUT2D eigenvalue weighted by Gasteiger charge is -2.05. The first-order valence-electron chi connectivity index (χ1n) is 6.38. The van der Waals surface area contributed by atoms with E-state index < -0.39 is 0 Å². The van der Waals surface area contributed by atoms with Crippen LogP contribution in [0.4, 0.5) is 5.69 Å². The van der Waals surface area contributed by atoms with Gasteiger partial charge >= 0.3 is 0 Å². The van der Waals surface area contributed by atoms with Crippen molar-refractivity contribution in [3.63, 3.8) is 0 Å². The number of aromatic nitrogens is 1. The summed E-state index contributed by atoms with van der Waals surface area (Å²) in [6, 6.07) is 8.89. The fraction of sp³-hybridized carbons (Fsp3) is 0.200. The highest BCUT2D eigenvalue weighted by atomic mass is 16.2. The normalized spacial score (nSPS) is 10.2. The Bertz CT molecular complexity index is 660. The fourth-order valence-corrected chi connectivity index (χ4v) is 1.85. The second kappa shape index (κ2) is 6.06. The molecular weight excluding hydrogens is 254 g/mol. The second-order valence-electron chi connectivity index (χ2n) is 4.64. The molecule has 1 aromatic heterocycles. The number of pyridine rings is 1. The molecule has 0 aliphatic heterocycles. The van der Waals surface area contributed by atoms with Crippen molar-refractivity contribution in [2.75, 3.05) is 12.3 Å². The molecule has 2 rings (SSSR count). The summed E-state index contributed by atoms with van der Waals surface area (Å²) in [5.74, 6) is -0.360. The Kier molecular flexibility index (Phi) is 4.20. The molecule has 0 radical (unpaired) electrons. The van der Waals surface area contributed by atoms with E-state index in [-0.39, 0.29) is 16.9 Å². The van der Waals surface area contributed by atoms with Crippen molar-refractivity contribution in [3.8, 4) is 0 Å². The van der Waals surface area contributed by atoms with E-state index in [0.717, 1.165) is 11.3 Å². The number of nitrogens with two attached hydrogens (primary N) is 1. The van der Waals surface area contributed by atoms with Crippen molar-refractivity contribution < 1.29 is 4.79 Å². The van der Waals surface area contributed by atoms with Gasteiger partial charge in [-0.3, -0.25) is 9.59 Å². The Hall–Kier alpha value is -2.56. The van der Waals surface area contributed by atoms with Gasteiger partial charge in [-0.1, -0.05) is 12.1 Å². The Morgan fingerprint density at radius 1 is 1.30 bits per heavy atom. The van der Waals surface area contributed by atoms with E-state index in [1.807, 2.05) is 24.3 Å². The molecule has 0 aliphatic carbocycles. The lowest BCUT2D eigenvalue weighted by molar-refractivity contribution is 0.0952. The molecule has 5 heteroatoms. The first kappa shape index (κ1) is 13.9. The van der Waals surface area contributed by atoms with Crippen LogP contribution in [-0.4, -0.2) is 17.4 Å². The monoisotopic (exact) mass is 271 g/mol. The maximum absolute atomic E-state index is 11.9. The quantitative estimate of drug-likeness (QED) is 0.731. The Labute approximate surface area is 116 Å². The van der Waals surface area contributed by atoms with Crippen molar-refractivity contribution in [1.82, 2.24) is 10.3 Å². The van der Waals surface area contributed by atoms with Crippen LogP contribution >= 0.6 is 0 Å². The SMILES string of the molecule is Cc1cc(=O)c(C(=O)NCCc2ccc(N)cc2)c[nH]1. The molecule has 0 unspecified atom stereocenters. The van der Waals surface area contributed by atoms with E-state index in [9.17, 15) is 9.59 Å². The molecular formula is C15H17N3O2. The van der Waals surface area contributed by atoms with Crippen LogP contribution in [0, 0.1) is 6.92 Å².